The lowest BCUT2D eigenvalue weighted by Gasteiger charge is -2.03. The van der Waals surface area contributed by atoms with Gasteiger partial charge in [-0.25, -0.2) is 4.79 Å². The van der Waals surface area contributed by atoms with E-state index in [1.807, 2.05) is 0 Å². The van der Waals surface area contributed by atoms with E-state index >= 15 is 0 Å². The molecule has 1 rings (SSSR count). The molecule has 0 heterocycles. The van der Waals surface area contributed by atoms with Gasteiger partial charge in [-0.1, -0.05) is 6.04 Å². The van der Waals surface area contributed by atoms with Gasteiger partial charge < -0.3 is 4.74 Å². The summed E-state index contributed by atoms with van der Waals surface area (Å²) < 4.78 is 27.3. The molecule has 0 bridgehead atoms. The predicted molar refractivity (Wildman–Crippen MR) is 53.2 cm³/mol. The maximum atomic E-state index is 11.4. The molecule has 0 spiro atoms. The van der Waals surface area contributed by atoms with Gasteiger partial charge in [-0.3, -0.25) is 0 Å². The zero-order chi connectivity index (χ0) is 11.7. The van der Waals surface area contributed by atoms with Crippen molar-refractivity contribution in [3.8, 4) is 0 Å². The van der Waals surface area contributed by atoms with E-state index in [4.69, 9.17) is 4.11 Å². The van der Waals surface area contributed by atoms with Crippen LogP contribution >= 0.6 is 31.9 Å². The van der Waals surface area contributed by atoms with E-state index in [1.165, 1.54) is 7.11 Å². The van der Waals surface area contributed by atoms with Crippen LogP contribution in [-0.2, 0) is 4.74 Å². The first-order valence-electron chi connectivity index (χ1n) is 4.44. The lowest BCUT2D eigenvalue weighted by atomic mass is 10.2. The molecule has 0 N–H and O–H groups in total. The number of carbonyl (C=O) groups excluding carboxylic acids is 1. The summed E-state index contributed by atoms with van der Waals surface area (Å²) in [5.74, 6) is -0.657. The molecular formula is C8H6Br2O2. The average molecular weight is 297 g/mol. The van der Waals surface area contributed by atoms with Crippen LogP contribution in [0.15, 0.2) is 27.1 Å². The molecule has 2 nitrogen and oxygen atoms in total. The maximum Gasteiger partial charge on any atom is 0.340 e. The van der Waals surface area contributed by atoms with Gasteiger partial charge in [0.1, 0.15) is 0 Å². The molecule has 0 aliphatic carbocycles. The van der Waals surface area contributed by atoms with E-state index in [2.05, 4.69) is 36.6 Å². The standard InChI is InChI=1S/C8H6Br2O2/c1-12-8(11)7-5(9)3-2-4-6(7)10/h2-4H,1H3/i2D,3D,4D. The molecule has 0 aliphatic rings. The second-order valence-corrected chi connectivity index (χ2v) is 3.46. The van der Waals surface area contributed by atoms with E-state index in [1.54, 1.807) is 0 Å². The smallest absolute Gasteiger partial charge is 0.340 e. The number of hydrogen-bond acceptors (Lipinski definition) is 2. The van der Waals surface area contributed by atoms with Gasteiger partial charge in [0.05, 0.1) is 16.8 Å². The van der Waals surface area contributed by atoms with Gasteiger partial charge in [0, 0.05) is 8.95 Å². The van der Waals surface area contributed by atoms with Crippen LogP contribution in [0.5, 0.6) is 0 Å². The van der Waals surface area contributed by atoms with Crippen molar-refractivity contribution < 1.29 is 13.6 Å². The highest BCUT2D eigenvalue weighted by molar-refractivity contribution is 9.11. The highest BCUT2D eigenvalue weighted by Gasteiger charge is 2.13. The molecule has 4 heteroatoms. The van der Waals surface area contributed by atoms with Crippen molar-refractivity contribution in [1.29, 1.82) is 0 Å². The Labute approximate surface area is 91.4 Å². The summed E-state index contributed by atoms with van der Waals surface area (Å²) in [6, 6.07) is -0.659. The quantitative estimate of drug-likeness (QED) is 0.745. The van der Waals surface area contributed by atoms with Crippen LogP contribution < -0.4 is 0 Å². The molecule has 64 valence electrons. The fourth-order valence-corrected chi connectivity index (χ4v) is 1.83. The number of carbonyl (C=O) groups is 1. The number of methoxy groups -OCH3 is 1. The Kier molecular flexibility index (Phi) is 2.08. The van der Waals surface area contributed by atoms with Gasteiger partial charge >= 0.3 is 5.97 Å². The zero-order valence-corrected chi connectivity index (χ0v) is 9.24. The minimum Gasteiger partial charge on any atom is -0.465 e. The van der Waals surface area contributed by atoms with Crippen molar-refractivity contribution in [1.82, 2.24) is 0 Å². The Bertz CT molecular complexity index is 405. The minimum atomic E-state index is -0.657. The summed E-state index contributed by atoms with van der Waals surface area (Å²) in [4.78, 5) is 11.4. The Morgan fingerprint density at radius 2 is 2.00 bits per heavy atom. The third kappa shape index (κ3) is 1.87. The fraction of sp³-hybridized carbons (Fsp3) is 0.125. The van der Waals surface area contributed by atoms with Crippen LogP contribution in [0.25, 0.3) is 0 Å². The number of halogens is 2. The summed E-state index contributed by atoms with van der Waals surface area (Å²) in [6.45, 7) is 0. The first kappa shape index (κ1) is 6.16. The monoisotopic (exact) mass is 295 g/mol. The highest BCUT2D eigenvalue weighted by atomic mass is 79.9. The predicted octanol–water partition coefficient (Wildman–Crippen LogP) is 3.00. The molecule has 0 aromatic heterocycles. The minimum absolute atomic E-state index is 0.0588. The summed E-state index contributed by atoms with van der Waals surface area (Å²) >= 11 is 6.07. The second-order valence-electron chi connectivity index (χ2n) is 1.87. The maximum absolute atomic E-state index is 11.4. The average Bonchev–Trinajstić information content (AvgIpc) is 2.23. The van der Waals surface area contributed by atoms with Gasteiger partial charge in [0.2, 0.25) is 0 Å². The third-order valence-corrected chi connectivity index (χ3v) is 2.36. The normalized spacial score (nSPS) is 13.1. The van der Waals surface area contributed by atoms with Crippen molar-refractivity contribution in [3.63, 3.8) is 0 Å². The van der Waals surface area contributed by atoms with E-state index in [9.17, 15) is 4.79 Å². The van der Waals surface area contributed by atoms with Crippen LogP contribution in [0.4, 0.5) is 0 Å². The molecule has 0 aliphatic heterocycles. The van der Waals surface area contributed by atoms with Crippen molar-refractivity contribution >= 4 is 37.8 Å². The topological polar surface area (TPSA) is 26.3 Å². The summed E-state index contributed by atoms with van der Waals surface area (Å²) in [7, 11) is 1.21. The van der Waals surface area contributed by atoms with Gasteiger partial charge in [0.25, 0.3) is 0 Å². The zero-order valence-electron chi connectivity index (χ0n) is 9.07. The number of hydrogen-bond donors (Lipinski definition) is 0. The van der Waals surface area contributed by atoms with Gasteiger partial charge in [-0.05, 0) is 43.9 Å². The SMILES string of the molecule is [2H]c1c([2H])c(Br)c(C(=O)OC)c(Br)c1[2H]. The molecule has 0 amide bonds. The van der Waals surface area contributed by atoms with Crippen molar-refractivity contribution in [2.45, 2.75) is 0 Å². The van der Waals surface area contributed by atoms with Crippen LogP contribution in [-0.4, -0.2) is 13.1 Å². The first-order valence-corrected chi connectivity index (χ1v) is 4.53. The summed E-state index contributed by atoms with van der Waals surface area (Å²) in [5.41, 5.74) is 0.0588. The van der Waals surface area contributed by atoms with Crippen LogP contribution in [0.1, 0.15) is 14.5 Å². The molecule has 0 unspecified atom stereocenters. The van der Waals surface area contributed by atoms with Crippen molar-refractivity contribution in [2.75, 3.05) is 7.11 Å². The Morgan fingerprint density at radius 1 is 1.50 bits per heavy atom. The summed E-state index contributed by atoms with van der Waals surface area (Å²) in [5, 5.41) is 0. The van der Waals surface area contributed by atoms with Gasteiger partial charge in [0.15, 0.2) is 0 Å². The van der Waals surface area contributed by atoms with Crippen molar-refractivity contribution in [3.05, 3.63) is 32.6 Å². The molecule has 0 radical (unpaired) electrons. The molecule has 0 fully saturated rings. The Morgan fingerprint density at radius 3 is 2.42 bits per heavy atom. The van der Waals surface area contributed by atoms with E-state index < -0.39 is 5.97 Å². The molecule has 0 saturated carbocycles. The third-order valence-electron chi connectivity index (χ3n) is 1.17. The summed E-state index contributed by atoms with van der Waals surface area (Å²) in [6.07, 6.45) is 0. The number of benzene rings is 1. The number of esters is 1. The largest absolute Gasteiger partial charge is 0.465 e. The van der Waals surface area contributed by atoms with E-state index in [0.717, 1.165) is 0 Å². The highest BCUT2D eigenvalue weighted by Crippen LogP contribution is 2.25. The molecule has 0 atom stereocenters. The first-order chi connectivity index (χ1) is 6.91. The molecule has 0 saturated heterocycles. The van der Waals surface area contributed by atoms with E-state index in [-0.39, 0.29) is 32.6 Å². The molecular weight excluding hydrogens is 288 g/mol. The Hall–Kier alpha value is -0.350. The molecule has 1 aromatic carbocycles. The van der Waals surface area contributed by atoms with Crippen LogP contribution in [0.2, 0.25) is 0 Å². The van der Waals surface area contributed by atoms with Gasteiger partial charge in [-0.2, -0.15) is 0 Å². The lowest BCUT2D eigenvalue weighted by Crippen LogP contribution is -2.02. The number of ether oxygens (including phenoxy) is 1. The van der Waals surface area contributed by atoms with Crippen molar-refractivity contribution in [2.24, 2.45) is 0 Å². The Balaban J connectivity index is 3.60. The fourth-order valence-electron chi connectivity index (χ4n) is 0.644. The van der Waals surface area contributed by atoms with Gasteiger partial charge in [-0.15, -0.1) is 0 Å². The van der Waals surface area contributed by atoms with E-state index in [0.29, 0.717) is 0 Å². The second kappa shape index (κ2) is 4.05. The van der Waals surface area contributed by atoms with Crippen LogP contribution in [0, 0.1) is 0 Å². The number of rotatable bonds is 1. The van der Waals surface area contributed by atoms with Crippen LogP contribution in [0.3, 0.4) is 0 Å². The molecule has 1 aromatic rings. The lowest BCUT2D eigenvalue weighted by molar-refractivity contribution is 0.0598. The molecule has 12 heavy (non-hydrogen) atoms.